The first-order valence-electron chi connectivity index (χ1n) is 7.42. The molecule has 0 spiro atoms. The average molecular weight is 283 g/mol. The second-order valence-corrected chi connectivity index (χ2v) is 5.82. The third kappa shape index (κ3) is 3.49. The van der Waals surface area contributed by atoms with Gasteiger partial charge in [-0.3, -0.25) is 9.59 Å². The minimum atomic E-state index is -0.0698. The molecule has 2 aliphatic carbocycles. The van der Waals surface area contributed by atoms with Crippen LogP contribution in [-0.2, 0) is 14.3 Å². The number of hydrogen-bond donors (Lipinski definition) is 3. The number of amides is 2. The van der Waals surface area contributed by atoms with E-state index in [0.29, 0.717) is 38.0 Å². The summed E-state index contributed by atoms with van der Waals surface area (Å²) in [4.78, 5) is 23.6. The Balaban J connectivity index is 1.64. The van der Waals surface area contributed by atoms with Gasteiger partial charge in [0.1, 0.15) is 0 Å². The summed E-state index contributed by atoms with van der Waals surface area (Å²) in [7, 11) is 1.59. The number of carbonyl (C=O) groups excluding carboxylic acids is 2. The van der Waals surface area contributed by atoms with Crippen LogP contribution in [0, 0.1) is 17.8 Å². The second kappa shape index (κ2) is 7.04. The van der Waals surface area contributed by atoms with Crippen LogP contribution >= 0.6 is 0 Å². The molecule has 6 nitrogen and oxygen atoms in total. The van der Waals surface area contributed by atoms with Crippen LogP contribution in [0.15, 0.2) is 0 Å². The number of fused-ring (bicyclic) bond motifs is 2. The zero-order chi connectivity index (χ0) is 14.5. The molecular weight excluding hydrogens is 258 g/mol. The lowest BCUT2D eigenvalue weighted by Crippen LogP contribution is -2.46. The normalized spacial score (nSPS) is 31.3. The topological polar surface area (TPSA) is 93.5 Å². The van der Waals surface area contributed by atoms with E-state index in [1.165, 1.54) is 0 Å². The van der Waals surface area contributed by atoms with Crippen molar-refractivity contribution in [1.29, 1.82) is 0 Å². The molecule has 0 aliphatic heterocycles. The summed E-state index contributed by atoms with van der Waals surface area (Å²) >= 11 is 0. The molecule has 6 heteroatoms. The molecule has 2 aliphatic rings. The van der Waals surface area contributed by atoms with Crippen molar-refractivity contribution in [3.63, 3.8) is 0 Å². The number of ether oxygens (including phenoxy) is 1. The zero-order valence-corrected chi connectivity index (χ0v) is 12.1. The fraction of sp³-hybridized carbons (Fsp3) is 0.857. The first-order valence-corrected chi connectivity index (χ1v) is 7.42. The van der Waals surface area contributed by atoms with Crippen LogP contribution in [0.25, 0.3) is 0 Å². The minimum Gasteiger partial charge on any atom is -0.383 e. The summed E-state index contributed by atoms with van der Waals surface area (Å²) < 4.78 is 4.84. The maximum Gasteiger partial charge on any atom is 0.224 e. The molecule has 0 aromatic rings. The highest BCUT2D eigenvalue weighted by Crippen LogP contribution is 2.47. The van der Waals surface area contributed by atoms with Crippen LogP contribution in [-0.4, -0.2) is 44.7 Å². The van der Waals surface area contributed by atoms with Crippen molar-refractivity contribution in [3.8, 4) is 0 Å². The van der Waals surface area contributed by atoms with Gasteiger partial charge in [-0.05, 0) is 31.1 Å². The number of hydrogen-bond acceptors (Lipinski definition) is 4. The highest BCUT2D eigenvalue weighted by Gasteiger charge is 2.48. The van der Waals surface area contributed by atoms with Gasteiger partial charge in [-0.1, -0.05) is 0 Å². The SMILES string of the molecule is COCCNC(=O)CCNC(=O)C1C2CCC(C2)C1N. The molecule has 20 heavy (non-hydrogen) atoms. The van der Waals surface area contributed by atoms with E-state index in [0.717, 1.165) is 19.3 Å². The number of nitrogens with one attached hydrogen (secondary N) is 2. The Kier molecular flexibility index (Phi) is 5.37. The van der Waals surface area contributed by atoms with E-state index in [9.17, 15) is 9.59 Å². The van der Waals surface area contributed by atoms with Gasteiger partial charge in [0.15, 0.2) is 0 Å². The molecule has 2 bridgehead atoms. The summed E-state index contributed by atoms with van der Waals surface area (Å²) in [5.41, 5.74) is 6.12. The molecule has 2 saturated carbocycles. The lowest BCUT2D eigenvalue weighted by Gasteiger charge is -2.26. The van der Waals surface area contributed by atoms with Gasteiger partial charge in [0.2, 0.25) is 11.8 Å². The van der Waals surface area contributed by atoms with Crippen molar-refractivity contribution in [1.82, 2.24) is 10.6 Å². The molecular formula is C14H25N3O3. The summed E-state index contributed by atoms with van der Waals surface area (Å²) in [6.07, 6.45) is 3.67. The predicted molar refractivity (Wildman–Crippen MR) is 74.8 cm³/mol. The van der Waals surface area contributed by atoms with E-state index in [-0.39, 0.29) is 23.8 Å². The quantitative estimate of drug-likeness (QED) is 0.556. The first-order chi connectivity index (χ1) is 9.63. The van der Waals surface area contributed by atoms with Crippen LogP contribution in [0.4, 0.5) is 0 Å². The molecule has 4 unspecified atom stereocenters. The smallest absolute Gasteiger partial charge is 0.224 e. The van der Waals surface area contributed by atoms with Crippen molar-refractivity contribution in [2.24, 2.45) is 23.5 Å². The van der Waals surface area contributed by atoms with Gasteiger partial charge in [-0.15, -0.1) is 0 Å². The van der Waals surface area contributed by atoms with Gasteiger partial charge in [0.25, 0.3) is 0 Å². The van der Waals surface area contributed by atoms with Gasteiger partial charge >= 0.3 is 0 Å². The van der Waals surface area contributed by atoms with Crippen LogP contribution in [0.5, 0.6) is 0 Å². The Bertz CT molecular complexity index is 360. The Morgan fingerprint density at radius 2 is 1.95 bits per heavy atom. The maximum atomic E-state index is 12.1. The molecule has 2 amide bonds. The highest BCUT2D eigenvalue weighted by molar-refractivity contribution is 5.81. The summed E-state index contributed by atoms with van der Waals surface area (Å²) in [6, 6.07) is 0.00396. The van der Waals surface area contributed by atoms with Crippen LogP contribution < -0.4 is 16.4 Å². The van der Waals surface area contributed by atoms with E-state index in [1.807, 2.05) is 0 Å². The van der Waals surface area contributed by atoms with Crippen molar-refractivity contribution in [2.75, 3.05) is 26.8 Å². The molecule has 4 N–H and O–H groups in total. The van der Waals surface area contributed by atoms with Crippen LogP contribution in [0.3, 0.4) is 0 Å². The van der Waals surface area contributed by atoms with E-state index in [4.69, 9.17) is 10.5 Å². The number of methoxy groups -OCH3 is 1. The first kappa shape index (κ1) is 15.3. The van der Waals surface area contributed by atoms with Crippen molar-refractivity contribution >= 4 is 11.8 Å². The monoisotopic (exact) mass is 283 g/mol. The van der Waals surface area contributed by atoms with Gasteiger partial charge in [0.05, 0.1) is 12.5 Å². The number of rotatable bonds is 7. The van der Waals surface area contributed by atoms with E-state index in [2.05, 4.69) is 10.6 Å². The molecule has 0 saturated heterocycles. The van der Waals surface area contributed by atoms with E-state index in [1.54, 1.807) is 7.11 Å². The van der Waals surface area contributed by atoms with Crippen molar-refractivity contribution in [2.45, 2.75) is 31.7 Å². The summed E-state index contributed by atoms with van der Waals surface area (Å²) in [6.45, 7) is 1.37. The average Bonchev–Trinajstić information content (AvgIpc) is 2.99. The lowest BCUT2D eigenvalue weighted by atomic mass is 9.84. The molecule has 4 atom stereocenters. The fourth-order valence-corrected chi connectivity index (χ4v) is 3.52. The molecule has 114 valence electrons. The van der Waals surface area contributed by atoms with E-state index < -0.39 is 0 Å². The minimum absolute atomic E-state index is 0.00396. The van der Waals surface area contributed by atoms with Crippen LogP contribution in [0.1, 0.15) is 25.7 Å². The van der Waals surface area contributed by atoms with Crippen molar-refractivity contribution < 1.29 is 14.3 Å². The largest absolute Gasteiger partial charge is 0.383 e. The molecule has 0 heterocycles. The Hall–Kier alpha value is -1.14. The lowest BCUT2D eigenvalue weighted by molar-refractivity contribution is -0.127. The summed E-state index contributed by atoms with van der Waals surface area (Å²) in [5.74, 6) is 0.873. The third-order valence-corrected chi connectivity index (χ3v) is 4.56. The van der Waals surface area contributed by atoms with Gasteiger partial charge in [-0.25, -0.2) is 0 Å². The second-order valence-electron chi connectivity index (χ2n) is 5.82. The van der Waals surface area contributed by atoms with E-state index >= 15 is 0 Å². The number of carbonyl (C=O) groups is 2. The molecule has 2 fully saturated rings. The molecule has 0 radical (unpaired) electrons. The third-order valence-electron chi connectivity index (χ3n) is 4.56. The van der Waals surface area contributed by atoms with Crippen molar-refractivity contribution in [3.05, 3.63) is 0 Å². The Morgan fingerprint density at radius 1 is 1.20 bits per heavy atom. The standard InChI is InChI=1S/C14H25N3O3/c1-20-7-6-16-11(18)4-5-17-14(19)12-9-2-3-10(8-9)13(12)15/h9-10,12-13H,2-8,15H2,1H3,(H,16,18)(H,17,19). The number of nitrogens with two attached hydrogens (primary N) is 1. The van der Waals surface area contributed by atoms with Gasteiger partial charge in [0, 0.05) is 32.7 Å². The Morgan fingerprint density at radius 3 is 2.60 bits per heavy atom. The van der Waals surface area contributed by atoms with Gasteiger partial charge < -0.3 is 21.1 Å². The molecule has 0 aromatic carbocycles. The molecule has 0 aromatic heterocycles. The van der Waals surface area contributed by atoms with Gasteiger partial charge in [-0.2, -0.15) is 0 Å². The molecule has 2 rings (SSSR count). The zero-order valence-electron chi connectivity index (χ0n) is 12.1. The fourth-order valence-electron chi connectivity index (χ4n) is 3.52. The summed E-state index contributed by atoms with van der Waals surface area (Å²) in [5, 5.41) is 5.57. The maximum absolute atomic E-state index is 12.1. The predicted octanol–water partition coefficient (Wildman–Crippen LogP) is -0.371. The Labute approximate surface area is 119 Å². The highest BCUT2D eigenvalue weighted by atomic mass is 16.5. The van der Waals surface area contributed by atoms with Crippen LogP contribution in [0.2, 0.25) is 0 Å².